The first-order valence-corrected chi connectivity index (χ1v) is 6.48. The minimum atomic E-state index is -0.235. The van der Waals surface area contributed by atoms with Gasteiger partial charge in [0.1, 0.15) is 0 Å². The highest BCUT2D eigenvalue weighted by molar-refractivity contribution is 5.41. The van der Waals surface area contributed by atoms with Gasteiger partial charge in [-0.25, -0.2) is 0 Å². The maximum Gasteiger partial charge on any atom is 0.157 e. The van der Waals surface area contributed by atoms with Crippen LogP contribution in [0.4, 0.5) is 0 Å². The van der Waals surface area contributed by atoms with E-state index in [-0.39, 0.29) is 24.1 Å². The van der Waals surface area contributed by atoms with E-state index in [4.69, 9.17) is 0 Å². The van der Waals surface area contributed by atoms with Gasteiger partial charge < -0.3 is 15.3 Å². The van der Waals surface area contributed by atoms with Gasteiger partial charge in [0.15, 0.2) is 11.5 Å². The van der Waals surface area contributed by atoms with Gasteiger partial charge in [-0.05, 0) is 30.3 Å². The number of rotatable bonds is 5. The topological polar surface area (TPSA) is 63.9 Å². The summed E-state index contributed by atoms with van der Waals surface area (Å²) in [5.41, 5.74) is 1.91. The second-order valence-corrected chi connectivity index (χ2v) is 4.85. The van der Waals surface area contributed by atoms with E-state index in [1.165, 1.54) is 12.1 Å². The molecule has 2 aromatic carbocycles. The molecule has 0 aromatic heterocycles. The Labute approximate surface area is 118 Å². The van der Waals surface area contributed by atoms with Crippen molar-refractivity contribution in [3.05, 3.63) is 59.7 Å². The SMILES string of the molecule is CN(Cc1ccccc1)C(CO)c1ccc(O)c(O)c1. The van der Waals surface area contributed by atoms with E-state index in [9.17, 15) is 15.3 Å². The lowest BCUT2D eigenvalue weighted by molar-refractivity contribution is 0.142. The summed E-state index contributed by atoms with van der Waals surface area (Å²) >= 11 is 0. The Morgan fingerprint density at radius 3 is 2.30 bits per heavy atom. The van der Waals surface area contributed by atoms with E-state index in [0.29, 0.717) is 6.54 Å². The zero-order valence-corrected chi connectivity index (χ0v) is 11.4. The van der Waals surface area contributed by atoms with E-state index in [0.717, 1.165) is 11.1 Å². The number of aromatic hydroxyl groups is 2. The van der Waals surface area contributed by atoms with Gasteiger partial charge in [-0.15, -0.1) is 0 Å². The molecule has 0 saturated carbocycles. The zero-order chi connectivity index (χ0) is 14.5. The molecule has 0 aliphatic carbocycles. The highest BCUT2D eigenvalue weighted by atomic mass is 16.3. The number of aliphatic hydroxyl groups excluding tert-OH is 1. The number of aliphatic hydroxyl groups is 1. The molecule has 2 rings (SSSR count). The van der Waals surface area contributed by atoms with Crippen LogP contribution in [-0.2, 0) is 6.54 Å². The molecule has 0 heterocycles. The molecule has 106 valence electrons. The second kappa shape index (κ2) is 6.41. The highest BCUT2D eigenvalue weighted by Crippen LogP contribution is 2.30. The largest absolute Gasteiger partial charge is 0.504 e. The van der Waals surface area contributed by atoms with Crippen molar-refractivity contribution in [2.75, 3.05) is 13.7 Å². The van der Waals surface area contributed by atoms with Crippen LogP contribution in [0, 0.1) is 0 Å². The predicted octanol–water partition coefficient (Wildman–Crippen LogP) is 2.26. The molecule has 0 amide bonds. The standard InChI is InChI=1S/C16H19NO3/c1-17(10-12-5-3-2-4-6-12)14(11-18)13-7-8-15(19)16(20)9-13/h2-9,14,18-20H,10-11H2,1H3. The lowest BCUT2D eigenvalue weighted by Crippen LogP contribution is -2.26. The average Bonchev–Trinajstić information content (AvgIpc) is 2.44. The zero-order valence-electron chi connectivity index (χ0n) is 11.4. The second-order valence-electron chi connectivity index (χ2n) is 4.85. The fourth-order valence-electron chi connectivity index (χ4n) is 2.23. The summed E-state index contributed by atoms with van der Waals surface area (Å²) in [4.78, 5) is 2.00. The fourth-order valence-corrected chi connectivity index (χ4v) is 2.23. The van der Waals surface area contributed by atoms with Gasteiger partial charge in [0.25, 0.3) is 0 Å². The van der Waals surface area contributed by atoms with Crippen LogP contribution in [0.1, 0.15) is 17.2 Å². The molecular weight excluding hydrogens is 254 g/mol. The van der Waals surface area contributed by atoms with Crippen LogP contribution in [-0.4, -0.2) is 33.9 Å². The van der Waals surface area contributed by atoms with E-state index >= 15 is 0 Å². The predicted molar refractivity (Wildman–Crippen MR) is 77.5 cm³/mol. The molecule has 4 heteroatoms. The average molecular weight is 273 g/mol. The van der Waals surface area contributed by atoms with Crippen LogP contribution in [0.2, 0.25) is 0 Å². The van der Waals surface area contributed by atoms with Crippen molar-refractivity contribution in [2.24, 2.45) is 0 Å². The van der Waals surface area contributed by atoms with Crippen molar-refractivity contribution in [2.45, 2.75) is 12.6 Å². The van der Waals surface area contributed by atoms with Crippen LogP contribution >= 0.6 is 0 Å². The highest BCUT2D eigenvalue weighted by Gasteiger charge is 2.17. The van der Waals surface area contributed by atoms with Gasteiger partial charge in [-0.2, -0.15) is 0 Å². The third-order valence-electron chi connectivity index (χ3n) is 3.36. The molecule has 0 saturated heterocycles. The first-order valence-electron chi connectivity index (χ1n) is 6.48. The number of likely N-dealkylation sites (N-methyl/N-ethyl adjacent to an activating group) is 1. The van der Waals surface area contributed by atoms with Crippen molar-refractivity contribution < 1.29 is 15.3 Å². The Hall–Kier alpha value is -2.04. The summed E-state index contributed by atoms with van der Waals surface area (Å²) in [6, 6.07) is 14.4. The molecule has 0 aliphatic rings. The Kier molecular flexibility index (Phi) is 4.61. The van der Waals surface area contributed by atoms with E-state index in [1.807, 2.05) is 42.3 Å². The Balaban J connectivity index is 2.16. The van der Waals surface area contributed by atoms with Crippen LogP contribution in [0.3, 0.4) is 0 Å². The first kappa shape index (κ1) is 14.4. The molecule has 0 radical (unpaired) electrons. The van der Waals surface area contributed by atoms with Crippen molar-refractivity contribution in [3.63, 3.8) is 0 Å². The molecule has 3 N–H and O–H groups in total. The van der Waals surface area contributed by atoms with Crippen molar-refractivity contribution in [3.8, 4) is 11.5 Å². The quantitative estimate of drug-likeness (QED) is 0.731. The van der Waals surface area contributed by atoms with Gasteiger partial charge in [0.2, 0.25) is 0 Å². The maximum atomic E-state index is 9.60. The Morgan fingerprint density at radius 1 is 1.00 bits per heavy atom. The molecule has 1 unspecified atom stereocenters. The molecule has 0 bridgehead atoms. The number of nitrogens with zero attached hydrogens (tertiary/aromatic N) is 1. The summed E-state index contributed by atoms with van der Waals surface area (Å²) in [6.07, 6.45) is 0. The summed E-state index contributed by atoms with van der Waals surface area (Å²) in [7, 11) is 1.91. The number of hydrogen-bond donors (Lipinski definition) is 3. The van der Waals surface area contributed by atoms with Crippen molar-refractivity contribution in [1.29, 1.82) is 0 Å². The smallest absolute Gasteiger partial charge is 0.157 e. The minimum Gasteiger partial charge on any atom is -0.504 e. The van der Waals surface area contributed by atoms with E-state index in [2.05, 4.69) is 0 Å². The number of benzene rings is 2. The van der Waals surface area contributed by atoms with Crippen LogP contribution in [0.15, 0.2) is 48.5 Å². The number of hydrogen-bond acceptors (Lipinski definition) is 4. The monoisotopic (exact) mass is 273 g/mol. The number of phenols is 2. The molecule has 0 aliphatic heterocycles. The van der Waals surface area contributed by atoms with Crippen LogP contribution < -0.4 is 0 Å². The third-order valence-corrected chi connectivity index (χ3v) is 3.36. The van der Waals surface area contributed by atoms with Crippen LogP contribution in [0.5, 0.6) is 11.5 Å². The first-order chi connectivity index (χ1) is 9.61. The van der Waals surface area contributed by atoms with Gasteiger partial charge >= 0.3 is 0 Å². The molecule has 20 heavy (non-hydrogen) atoms. The normalized spacial score (nSPS) is 12.6. The van der Waals surface area contributed by atoms with E-state index in [1.54, 1.807) is 6.07 Å². The molecule has 4 nitrogen and oxygen atoms in total. The molecule has 0 spiro atoms. The van der Waals surface area contributed by atoms with Gasteiger partial charge in [0.05, 0.1) is 12.6 Å². The molecule has 2 aromatic rings. The molecule has 1 atom stereocenters. The Bertz CT molecular complexity index is 557. The van der Waals surface area contributed by atoms with E-state index < -0.39 is 0 Å². The lowest BCUT2D eigenvalue weighted by Gasteiger charge is -2.27. The lowest BCUT2D eigenvalue weighted by atomic mass is 10.0. The number of phenolic OH excluding ortho intramolecular Hbond substituents is 2. The van der Waals surface area contributed by atoms with Gasteiger partial charge in [-0.3, -0.25) is 4.90 Å². The Morgan fingerprint density at radius 2 is 1.70 bits per heavy atom. The van der Waals surface area contributed by atoms with Crippen molar-refractivity contribution >= 4 is 0 Å². The fraction of sp³-hybridized carbons (Fsp3) is 0.250. The van der Waals surface area contributed by atoms with Crippen molar-refractivity contribution in [1.82, 2.24) is 4.90 Å². The minimum absolute atomic E-state index is 0.0620. The summed E-state index contributed by atoms with van der Waals surface area (Å²) in [5.74, 6) is -0.329. The third kappa shape index (κ3) is 3.29. The maximum absolute atomic E-state index is 9.60. The summed E-state index contributed by atoms with van der Waals surface area (Å²) < 4.78 is 0. The molecule has 0 fully saturated rings. The summed E-state index contributed by atoms with van der Waals surface area (Å²) in [6.45, 7) is 0.626. The molecular formula is C16H19NO3. The van der Waals surface area contributed by atoms with Crippen LogP contribution in [0.25, 0.3) is 0 Å². The van der Waals surface area contributed by atoms with Gasteiger partial charge in [0, 0.05) is 6.54 Å². The van der Waals surface area contributed by atoms with Gasteiger partial charge in [-0.1, -0.05) is 36.4 Å². The summed E-state index contributed by atoms with van der Waals surface area (Å²) in [5, 5.41) is 28.5.